The molecule has 0 fully saturated rings. The lowest BCUT2D eigenvalue weighted by Gasteiger charge is -2.07. The Kier molecular flexibility index (Phi) is 3.61. The summed E-state index contributed by atoms with van der Waals surface area (Å²) < 4.78 is 36.2. The maximum Gasteiger partial charge on any atom is 0.339 e. The number of nitriles is 1. The van der Waals surface area contributed by atoms with Gasteiger partial charge in [-0.15, -0.1) is 0 Å². The molecule has 0 heterocycles. The van der Waals surface area contributed by atoms with Gasteiger partial charge in [0.2, 0.25) is 11.5 Å². The van der Waals surface area contributed by atoms with E-state index in [9.17, 15) is 18.4 Å². The van der Waals surface area contributed by atoms with Gasteiger partial charge in [-0.1, -0.05) is 0 Å². The number of carbonyl (C=O) groups is 1. The molecule has 0 amide bonds. The van der Waals surface area contributed by atoms with E-state index in [0.29, 0.717) is 6.07 Å². The van der Waals surface area contributed by atoms with Crippen molar-refractivity contribution in [1.29, 1.82) is 5.26 Å². The fourth-order valence-corrected chi connectivity index (χ4v) is 1.09. The first-order chi connectivity index (χ1) is 8.10. The van der Waals surface area contributed by atoms with Crippen LogP contribution >= 0.6 is 0 Å². The first kappa shape index (κ1) is 12.4. The SMILES string of the molecule is N#Cc1cc(C(=O)O)c(OF)c(OF)c1OF. The summed E-state index contributed by atoms with van der Waals surface area (Å²) in [6.07, 6.45) is 0. The van der Waals surface area contributed by atoms with Crippen molar-refractivity contribution < 1.29 is 38.3 Å². The van der Waals surface area contributed by atoms with E-state index in [2.05, 4.69) is 14.8 Å². The molecule has 0 aliphatic carbocycles. The third kappa shape index (κ3) is 2.00. The van der Waals surface area contributed by atoms with Gasteiger partial charge in [0.25, 0.3) is 5.75 Å². The minimum absolute atomic E-state index is 0.536. The molecule has 0 atom stereocenters. The summed E-state index contributed by atoms with van der Waals surface area (Å²) in [6, 6.07) is 1.85. The summed E-state index contributed by atoms with van der Waals surface area (Å²) in [4.78, 5) is 19.9. The summed E-state index contributed by atoms with van der Waals surface area (Å²) in [5, 5.41) is 17.2. The fourth-order valence-electron chi connectivity index (χ4n) is 1.09. The van der Waals surface area contributed by atoms with E-state index in [4.69, 9.17) is 10.4 Å². The maximum atomic E-state index is 12.1. The van der Waals surface area contributed by atoms with Crippen LogP contribution in [0, 0.1) is 11.3 Å². The van der Waals surface area contributed by atoms with Crippen molar-refractivity contribution >= 4 is 5.97 Å². The molecule has 6 nitrogen and oxygen atoms in total. The Bertz CT molecular complexity index is 499. The van der Waals surface area contributed by atoms with Crippen molar-refractivity contribution in [3.63, 3.8) is 0 Å². The van der Waals surface area contributed by atoms with Gasteiger partial charge in [0, 0.05) is 13.6 Å². The molecule has 1 rings (SSSR count). The van der Waals surface area contributed by atoms with Crippen molar-refractivity contribution in [3.8, 4) is 23.3 Å². The van der Waals surface area contributed by atoms with Gasteiger partial charge in [0.1, 0.15) is 17.2 Å². The zero-order chi connectivity index (χ0) is 13.0. The number of hydrogen-bond donors (Lipinski definition) is 1. The average Bonchev–Trinajstić information content (AvgIpc) is 2.35. The highest BCUT2D eigenvalue weighted by Crippen LogP contribution is 2.43. The number of halogens is 3. The van der Waals surface area contributed by atoms with Crippen LogP contribution in [0.2, 0.25) is 0 Å². The highest BCUT2D eigenvalue weighted by molar-refractivity contribution is 5.93. The van der Waals surface area contributed by atoms with E-state index in [1.54, 1.807) is 0 Å². The molecule has 0 saturated heterocycles. The Morgan fingerprint density at radius 1 is 1.18 bits per heavy atom. The number of benzene rings is 1. The number of hydrogen-bond acceptors (Lipinski definition) is 5. The predicted molar refractivity (Wildman–Crippen MR) is 43.3 cm³/mol. The summed E-state index contributed by atoms with van der Waals surface area (Å²) in [5.41, 5.74) is -1.64. The lowest BCUT2D eigenvalue weighted by Crippen LogP contribution is -2.03. The van der Waals surface area contributed by atoms with Gasteiger partial charge >= 0.3 is 5.97 Å². The van der Waals surface area contributed by atoms with Crippen LogP contribution in [-0.2, 0) is 0 Å². The normalized spacial score (nSPS) is 9.29. The molecule has 0 aromatic heterocycles. The van der Waals surface area contributed by atoms with E-state index in [0.717, 1.165) is 0 Å². The van der Waals surface area contributed by atoms with Crippen LogP contribution in [-0.4, -0.2) is 11.1 Å². The Morgan fingerprint density at radius 2 is 1.71 bits per heavy atom. The van der Waals surface area contributed by atoms with Crippen molar-refractivity contribution in [2.45, 2.75) is 0 Å². The number of aromatic carboxylic acids is 1. The highest BCUT2D eigenvalue weighted by Gasteiger charge is 2.28. The number of rotatable bonds is 4. The second kappa shape index (κ2) is 4.93. The average molecular weight is 249 g/mol. The zero-order valence-corrected chi connectivity index (χ0v) is 7.74. The molecule has 1 aromatic carbocycles. The third-order valence-electron chi connectivity index (χ3n) is 1.77. The molecular weight excluding hydrogens is 247 g/mol. The molecule has 0 aliphatic rings. The van der Waals surface area contributed by atoms with Crippen LogP contribution in [0.3, 0.4) is 0 Å². The summed E-state index contributed by atoms with van der Waals surface area (Å²) in [7, 11) is 0. The largest absolute Gasteiger partial charge is 0.478 e. The second-order valence-electron chi connectivity index (χ2n) is 2.61. The van der Waals surface area contributed by atoms with Gasteiger partial charge in [0.05, 0.1) is 0 Å². The van der Waals surface area contributed by atoms with Gasteiger partial charge in [0.15, 0.2) is 0 Å². The molecule has 0 bridgehead atoms. The highest BCUT2D eigenvalue weighted by atomic mass is 19.3. The van der Waals surface area contributed by atoms with Crippen LogP contribution in [0.25, 0.3) is 0 Å². The van der Waals surface area contributed by atoms with Crippen molar-refractivity contribution in [1.82, 2.24) is 0 Å². The predicted octanol–water partition coefficient (Wildman–Crippen LogP) is 2.05. The number of carboxylic acid groups (broad SMARTS) is 1. The molecule has 17 heavy (non-hydrogen) atoms. The smallest absolute Gasteiger partial charge is 0.339 e. The molecule has 90 valence electrons. The van der Waals surface area contributed by atoms with Crippen LogP contribution in [0.5, 0.6) is 17.2 Å². The minimum Gasteiger partial charge on any atom is -0.478 e. The van der Waals surface area contributed by atoms with Gasteiger partial charge in [-0.3, -0.25) is 14.8 Å². The van der Waals surface area contributed by atoms with Crippen LogP contribution in [0.1, 0.15) is 15.9 Å². The summed E-state index contributed by atoms with van der Waals surface area (Å²) >= 11 is 0. The Morgan fingerprint density at radius 3 is 2.06 bits per heavy atom. The number of carboxylic acids is 1. The first-order valence-corrected chi connectivity index (χ1v) is 3.80. The second-order valence-corrected chi connectivity index (χ2v) is 2.61. The third-order valence-corrected chi connectivity index (χ3v) is 1.77. The van der Waals surface area contributed by atoms with E-state index in [-0.39, 0.29) is 0 Å². The van der Waals surface area contributed by atoms with Crippen molar-refractivity contribution in [2.75, 3.05) is 0 Å². The zero-order valence-electron chi connectivity index (χ0n) is 7.74. The standard InChI is InChI=1S/C8H2F3NO5/c9-15-5-3(2-12)1-4(8(13)14)6(16-10)7(5)17-11/h1H,(H,13,14). The van der Waals surface area contributed by atoms with Gasteiger partial charge in [-0.05, 0) is 6.07 Å². The lowest BCUT2D eigenvalue weighted by molar-refractivity contribution is -0.0563. The monoisotopic (exact) mass is 249 g/mol. The van der Waals surface area contributed by atoms with Gasteiger partial charge < -0.3 is 5.11 Å². The van der Waals surface area contributed by atoms with Crippen LogP contribution in [0.15, 0.2) is 6.07 Å². The molecule has 0 saturated carbocycles. The Balaban J connectivity index is 3.68. The van der Waals surface area contributed by atoms with E-state index >= 15 is 0 Å². The number of nitrogens with zero attached hydrogens (tertiary/aromatic N) is 1. The summed E-state index contributed by atoms with van der Waals surface area (Å²) in [5.74, 6) is -5.45. The first-order valence-electron chi connectivity index (χ1n) is 3.80. The van der Waals surface area contributed by atoms with E-state index < -0.39 is 34.3 Å². The van der Waals surface area contributed by atoms with Crippen LogP contribution in [0.4, 0.5) is 13.6 Å². The topological polar surface area (TPSA) is 88.8 Å². The Hall–Kier alpha value is -2.63. The molecule has 9 heteroatoms. The molecule has 0 spiro atoms. The molecular formula is C8H2F3NO5. The van der Waals surface area contributed by atoms with E-state index in [1.165, 1.54) is 6.07 Å². The molecule has 1 N–H and O–H groups in total. The molecule has 0 radical (unpaired) electrons. The molecule has 0 unspecified atom stereocenters. The van der Waals surface area contributed by atoms with Crippen molar-refractivity contribution in [3.05, 3.63) is 17.2 Å². The van der Waals surface area contributed by atoms with E-state index in [1.807, 2.05) is 0 Å². The molecule has 0 aliphatic heterocycles. The maximum absolute atomic E-state index is 12.1. The quantitative estimate of drug-likeness (QED) is 0.878. The Labute approximate surface area is 91.0 Å². The van der Waals surface area contributed by atoms with Gasteiger partial charge in [-0.25, -0.2) is 4.79 Å². The van der Waals surface area contributed by atoms with Crippen molar-refractivity contribution in [2.24, 2.45) is 0 Å². The lowest BCUT2D eigenvalue weighted by atomic mass is 10.1. The van der Waals surface area contributed by atoms with Gasteiger partial charge in [-0.2, -0.15) is 5.26 Å². The van der Waals surface area contributed by atoms with Crippen LogP contribution < -0.4 is 14.8 Å². The fraction of sp³-hybridized carbons (Fsp3) is 0. The molecule has 1 aromatic rings. The summed E-state index contributed by atoms with van der Waals surface area (Å²) in [6.45, 7) is 0. The minimum atomic E-state index is -1.74.